The summed E-state index contributed by atoms with van der Waals surface area (Å²) in [5.41, 5.74) is 2.14. The van der Waals surface area contributed by atoms with E-state index in [9.17, 15) is 0 Å². The summed E-state index contributed by atoms with van der Waals surface area (Å²) in [4.78, 5) is 0.782. The van der Waals surface area contributed by atoms with Crippen molar-refractivity contribution < 1.29 is 9.47 Å². The van der Waals surface area contributed by atoms with Crippen LogP contribution in [-0.4, -0.2) is 34.0 Å². The van der Waals surface area contributed by atoms with Gasteiger partial charge in [0.05, 0.1) is 14.2 Å². The second-order valence-corrected chi connectivity index (χ2v) is 7.09. The maximum atomic E-state index is 5.41. The molecule has 0 aliphatic heterocycles. The van der Waals surface area contributed by atoms with Gasteiger partial charge in [0.2, 0.25) is 4.96 Å². The second-order valence-electron chi connectivity index (χ2n) is 6.10. The van der Waals surface area contributed by atoms with Gasteiger partial charge >= 0.3 is 0 Å². The molecule has 2 aromatic heterocycles. The Hall–Kier alpha value is -2.93. The SMILES string of the molecule is CCC(c1ccccc1)c1nn2c(-c3ccc(OC)c(OC)c3)nnc2s1. The number of nitrogens with zero attached hydrogens (tertiary/aromatic N) is 4. The molecule has 0 radical (unpaired) electrons. The van der Waals surface area contributed by atoms with Crippen molar-refractivity contribution in [2.75, 3.05) is 14.2 Å². The van der Waals surface area contributed by atoms with Crippen molar-refractivity contribution >= 4 is 16.3 Å². The summed E-state index contributed by atoms with van der Waals surface area (Å²) in [5, 5.41) is 14.5. The van der Waals surface area contributed by atoms with Crippen LogP contribution < -0.4 is 9.47 Å². The van der Waals surface area contributed by atoms with Crippen LogP contribution in [0.5, 0.6) is 11.5 Å². The lowest BCUT2D eigenvalue weighted by Gasteiger charge is -2.11. The van der Waals surface area contributed by atoms with Gasteiger partial charge in [-0.2, -0.15) is 9.61 Å². The number of rotatable bonds is 6. The van der Waals surface area contributed by atoms with Gasteiger partial charge in [-0.1, -0.05) is 48.6 Å². The standard InChI is InChI=1S/C20H20N4O2S/c1-4-15(13-8-6-5-7-9-13)19-23-24-18(21-22-20(24)27-19)14-10-11-16(25-2)17(12-14)26-3/h5-12,15H,4H2,1-3H3. The van der Waals surface area contributed by atoms with Crippen molar-refractivity contribution in [1.82, 2.24) is 19.8 Å². The fourth-order valence-corrected chi connectivity index (χ4v) is 4.22. The van der Waals surface area contributed by atoms with E-state index in [4.69, 9.17) is 14.6 Å². The number of hydrogen-bond acceptors (Lipinski definition) is 6. The normalized spacial score (nSPS) is 12.3. The molecule has 0 spiro atoms. The molecule has 4 aromatic rings. The van der Waals surface area contributed by atoms with Crippen LogP contribution in [0, 0.1) is 0 Å². The van der Waals surface area contributed by atoms with Crippen LogP contribution in [0.25, 0.3) is 16.3 Å². The third-order valence-electron chi connectivity index (χ3n) is 4.56. The van der Waals surface area contributed by atoms with E-state index >= 15 is 0 Å². The minimum absolute atomic E-state index is 0.246. The molecule has 1 atom stereocenters. The van der Waals surface area contributed by atoms with E-state index < -0.39 is 0 Å². The highest BCUT2D eigenvalue weighted by Crippen LogP contribution is 2.34. The van der Waals surface area contributed by atoms with Crippen LogP contribution >= 0.6 is 11.3 Å². The molecule has 4 rings (SSSR count). The predicted molar refractivity (Wildman–Crippen MR) is 106 cm³/mol. The molecular weight excluding hydrogens is 360 g/mol. The van der Waals surface area contributed by atoms with Gasteiger partial charge in [0, 0.05) is 11.5 Å². The Kier molecular flexibility index (Phi) is 4.77. The number of ether oxygens (including phenoxy) is 2. The van der Waals surface area contributed by atoms with Crippen LogP contribution in [0.15, 0.2) is 48.5 Å². The van der Waals surface area contributed by atoms with E-state index in [2.05, 4.69) is 41.4 Å². The van der Waals surface area contributed by atoms with Crippen LogP contribution in [0.1, 0.15) is 29.8 Å². The fraction of sp³-hybridized carbons (Fsp3) is 0.250. The Morgan fingerprint density at radius 1 is 1.00 bits per heavy atom. The molecule has 27 heavy (non-hydrogen) atoms. The molecular formula is C20H20N4O2S. The van der Waals surface area contributed by atoms with E-state index in [-0.39, 0.29) is 5.92 Å². The van der Waals surface area contributed by atoms with Crippen LogP contribution in [0.3, 0.4) is 0 Å². The summed E-state index contributed by atoms with van der Waals surface area (Å²) in [6.45, 7) is 2.18. The fourth-order valence-electron chi connectivity index (χ4n) is 3.17. The van der Waals surface area contributed by atoms with Crippen molar-refractivity contribution in [3.8, 4) is 22.9 Å². The number of methoxy groups -OCH3 is 2. The van der Waals surface area contributed by atoms with E-state index in [1.54, 1.807) is 25.6 Å². The van der Waals surface area contributed by atoms with Crippen LogP contribution in [0.4, 0.5) is 0 Å². The molecule has 2 aromatic carbocycles. The van der Waals surface area contributed by atoms with Gasteiger partial charge in [-0.25, -0.2) is 0 Å². The maximum Gasteiger partial charge on any atom is 0.234 e. The zero-order valence-corrected chi connectivity index (χ0v) is 16.2. The highest BCUT2D eigenvalue weighted by atomic mass is 32.1. The van der Waals surface area contributed by atoms with Crippen molar-refractivity contribution in [3.05, 3.63) is 59.1 Å². The van der Waals surface area contributed by atoms with E-state index in [0.717, 1.165) is 22.0 Å². The summed E-state index contributed by atoms with van der Waals surface area (Å²) >= 11 is 1.58. The van der Waals surface area contributed by atoms with E-state index in [1.807, 2.05) is 28.8 Å². The van der Waals surface area contributed by atoms with E-state index in [0.29, 0.717) is 17.3 Å². The lowest BCUT2D eigenvalue weighted by atomic mass is 9.97. The number of fused-ring (bicyclic) bond motifs is 1. The molecule has 0 bridgehead atoms. The van der Waals surface area contributed by atoms with E-state index in [1.165, 1.54) is 5.56 Å². The van der Waals surface area contributed by atoms with Crippen LogP contribution in [-0.2, 0) is 0 Å². The Morgan fingerprint density at radius 3 is 2.48 bits per heavy atom. The summed E-state index contributed by atoms with van der Waals surface area (Å²) in [6.07, 6.45) is 0.972. The van der Waals surface area contributed by atoms with Crippen molar-refractivity contribution in [2.24, 2.45) is 0 Å². The van der Waals surface area contributed by atoms with Gasteiger partial charge in [-0.05, 0) is 30.2 Å². The molecule has 1 unspecified atom stereocenters. The summed E-state index contributed by atoms with van der Waals surface area (Å²) in [7, 11) is 3.24. The zero-order valence-electron chi connectivity index (χ0n) is 15.4. The van der Waals surface area contributed by atoms with Crippen molar-refractivity contribution in [3.63, 3.8) is 0 Å². The largest absolute Gasteiger partial charge is 0.493 e. The molecule has 6 nitrogen and oxygen atoms in total. The topological polar surface area (TPSA) is 61.5 Å². The first-order valence-electron chi connectivity index (χ1n) is 8.74. The molecule has 0 saturated heterocycles. The number of aromatic nitrogens is 4. The quantitative estimate of drug-likeness (QED) is 0.496. The minimum atomic E-state index is 0.246. The minimum Gasteiger partial charge on any atom is -0.493 e. The highest BCUT2D eigenvalue weighted by Gasteiger charge is 2.20. The Balaban J connectivity index is 1.77. The first kappa shape index (κ1) is 17.5. The van der Waals surface area contributed by atoms with Crippen LogP contribution in [0.2, 0.25) is 0 Å². The second kappa shape index (κ2) is 7.36. The zero-order chi connectivity index (χ0) is 18.8. The van der Waals surface area contributed by atoms with Crippen molar-refractivity contribution in [1.29, 1.82) is 0 Å². The Bertz CT molecular complexity index is 1060. The van der Waals surface area contributed by atoms with Gasteiger partial charge in [0.15, 0.2) is 17.3 Å². The van der Waals surface area contributed by atoms with Gasteiger partial charge < -0.3 is 9.47 Å². The lowest BCUT2D eigenvalue weighted by molar-refractivity contribution is 0.355. The summed E-state index contributed by atoms with van der Waals surface area (Å²) in [5.74, 6) is 2.27. The van der Waals surface area contributed by atoms with Gasteiger partial charge in [-0.15, -0.1) is 10.2 Å². The Labute approximate surface area is 161 Å². The average molecular weight is 380 g/mol. The predicted octanol–water partition coefficient (Wildman–Crippen LogP) is 4.41. The highest BCUT2D eigenvalue weighted by molar-refractivity contribution is 7.16. The molecule has 138 valence electrons. The molecule has 0 amide bonds. The third kappa shape index (κ3) is 3.14. The summed E-state index contributed by atoms with van der Waals surface area (Å²) in [6, 6.07) is 16.1. The molecule has 0 aliphatic rings. The number of hydrogen-bond donors (Lipinski definition) is 0. The third-order valence-corrected chi connectivity index (χ3v) is 5.57. The molecule has 0 fully saturated rings. The van der Waals surface area contributed by atoms with Gasteiger partial charge in [-0.3, -0.25) is 0 Å². The van der Waals surface area contributed by atoms with Gasteiger partial charge in [0.1, 0.15) is 5.01 Å². The molecule has 0 N–H and O–H groups in total. The maximum absolute atomic E-state index is 5.41. The molecule has 7 heteroatoms. The molecule has 0 saturated carbocycles. The monoisotopic (exact) mass is 380 g/mol. The summed E-state index contributed by atoms with van der Waals surface area (Å²) < 4.78 is 12.5. The molecule has 0 aliphatic carbocycles. The number of benzene rings is 2. The van der Waals surface area contributed by atoms with Gasteiger partial charge in [0.25, 0.3) is 0 Å². The first-order chi connectivity index (χ1) is 13.2. The lowest BCUT2D eigenvalue weighted by Crippen LogP contribution is -2.01. The first-order valence-corrected chi connectivity index (χ1v) is 9.56. The smallest absolute Gasteiger partial charge is 0.234 e. The average Bonchev–Trinajstić information content (AvgIpc) is 3.29. The Morgan fingerprint density at radius 2 is 1.78 bits per heavy atom. The van der Waals surface area contributed by atoms with Crippen molar-refractivity contribution in [2.45, 2.75) is 19.3 Å². The molecule has 2 heterocycles.